The fourth-order valence-electron chi connectivity index (χ4n) is 2.32. The van der Waals surface area contributed by atoms with Crippen molar-refractivity contribution in [1.29, 1.82) is 0 Å². The zero-order chi connectivity index (χ0) is 11.4. The van der Waals surface area contributed by atoms with Crippen molar-refractivity contribution in [1.82, 2.24) is 5.32 Å². The number of methoxy groups -OCH3 is 2. The zero-order valence-electron chi connectivity index (χ0n) is 10.4. The third-order valence-corrected chi connectivity index (χ3v) is 3.12. The number of nitrogens with one attached hydrogen (secondary N) is 1. The van der Waals surface area contributed by atoms with E-state index >= 15 is 0 Å². The number of piperidine rings is 1. The molecule has 17 heavy (non-hydrogen) atoms. The van der Waals surface area contributed by atoms with E-state index in [1.54, 1.807) is 14.2 Å². The van der Waals surface area contributed by atoms with Crippen molar-refractivity contribution < 1.29 is 9.47 Å². The van der Waals surface area contributed by atoms with Crippen LogP contribution < -0.4 is 14.8 Å². The van der Waals surface area contributed by atoms with Crippen LogP contribution in [0.15, 0.2) is 18.2 Å². The van der Waals surface area contributed by atoms with E-state index in [-0.39, 0.29) is 12.4 Å². The molecule has 0 amide bonds. The fourth-order valence-corrected chi connectivity index (χ4v) is 2.32. The third-order valence-electron chi connectivity index (χ3n) is 3.12. The van der Waals surface area contributed by atoms with Crippen LogP contribution in [0.3, 0.4) is 0 Å². The normalized spacial score (nSPS) is 19.3. The van der Waals surface area contributed by atoms with E-state index in [4.69, 9.17) is 9.47 Å². The van der Waals surface area contributed by atoms with Gasteiger partial charge in [0.2, 0.25) is 0 Å². The van der Waals surface area contributed by atoms with Crippen LogP contribution in [0.5, 0.6) is 11.5 Å². The SMILES string of the molecule is COc1cccc(OC)c1[C@@H]1CCCCN1.Cl. The highest BCUT2D eigenvalue weighted by Crippen LogP contribution is 2.37. The lowest BCUT2D eigenvalue weighted by Crippen LogP contribution is -2.27. The largest absolute Gasteiger partial charge is 0.496 e. The quantitative estimate of drug-likeness (QED) is 0.903. The molecule has 0 radical (unpaired) electrons. The second kappa shape index (κ2) is 6.72. The highest BCUT2D eigenvalue weighted by atomic mass is 35.5. The molecule has 1 atom stereocenters. The number of ether oxygens (including phenoxy) is 2. The lowest BCUT2D eigenvalue weighted by atomic mass is 9.96. The molecule has 1 aromatic carbocycles. The molecule has 1 N–H and O–H groups in total. The molecule has 1 saturated heterocycles. The van der Waals surface area contributed by atoms with E-state index in [0.717, 1.165) is 30.0 Å². The predicted octanol–water partition coefficient (Wildman–Crippen LogP) is 2.94. The summed E-state index contributed by atoms with van der Waals surface area (Å²) in [7, 11) is 3.42. The molecule has 0 saturated carbocycles. The number of halogens is 1. The second-order valence-electron chi connectivity index (χ2n) is 4.08. The van der Waals surface area contributed by atoms with Crippen molar-refractivity contribution in [3.8, 4) is 11.5 Å². The Balaban J connectivity index is 0.00000144. The zero-order valence-corrected chi connectivity index (χ0v) is 11.2. The Morgan fingerprint density at radius 3 is 2.24 bits per heavy atom. The van der Waals surface area contributed by atoms with Crippen molar-refractivity contribution in [2.24, 2.45) is 0 Å². The van der Waals surface area contributed by atoms with Gasteiger partial charge in [0.25, 0.3) is 0 Å². The minimum absolute atomic E-state index is 0. The van der Waals surface area contributed by atoms with E-state index in [1.807, 2.05) is 18.2 Å². The van der Waals surface area contributed by atoms with Crippen LogP contribution in [0.4, 0.5) is 0 Å². The van der Waals surface area contributed by atoms with Crippen molar-refractivity contribution in [3.63, 3.8) is 0 Å². The Labute approximate surface area is 109 Å². The lowest BCUT2D eigenvalue weighted by molar-refractivity contribution is 0.348. The first-order valence-electron chi connectivity index (χ1n) is 5.81. The molecule has 3 nitrogen and oxygen atoms in total. The Morgan fingerprint density at radius 1 is 1.12 bits per heavy atom. The number of hydrogen-bond acceptors (Lipinski definition) is 3. The first-order valence-corrected chi connectivity index (χ1v) is 5.81. The van der Waals surface area contributed by atoms with E-state index in [1.165, 1.54) is 12.8 Å². The third kappa shape index (κ3) is 3.05. The molecule has 0 bridgehead atoms. The standard InChI is InChI=1S/C13H19NO2.ClH/c1-15-11-7-5-8-12(16-2)13(11)10-6-3-4-9-14-10;/h5,7-8,10,14H,3-4,6,9H2,1-2H3;1H/t10-;/m0./s1. The van der Waals surface area contributed by atoms with E-state index in [2.05, 4.69) is 5.32 Å². The van der Waals surface area contributed by atoms with Gasteiger partial charge in [-0.25, -0.2) is 0 Å². The smallest absolute Gasteiger partial charge is 0.127 e. The van der Waals surface area contributed by atoms with Gasteiger partial charge in [-0.1, -0.05) is 12.5 Å². The first kappa shape index (κ1) is 14.1. The van der Waals surface area contributed by atoms with E-state index in [0.29, 0.717) is 6.04 Å². The summed E-state index contributed by atoms with van der Waals surface area (Å²) in [5.41, 5.74) is 1.16. The molecule has 1 fully saturated rings. The van der Waals surface area contributed by atoms with Crippen molar-refractivity contribution >= 4 is 12.4 Å². The molecule has 1 aliphatic rings. The van der Waals surface area contributed by atoms with Crippen molar-refractivity contribution in [2.45, 2.75) is 25.3 Å². The van der Waals surface area contributed by atoms with Gasteiger partial charge in [0.05, 0.1) is 19.8 Å². The van der Waals surface area contributed by atoms with Gasteiger partial charge in [-0.05, 0) is 31.5 Å². The minimum atomic E-state index is 0. The average molecular weight is 258 g/mol. The lowest BCUT2D eigenvalue weighted by Gasteiger charge is -2.26. The van der Waals surface area contributed by atoms with Crippen LogP contribution in [-0.4, -0.2) is 20.8 Å². The summed E-state index contributed by atoms with van der Waals surface area (Å²) < 4.78 is 10.8. The Hall–Kier alpha value is -0.930. The van der Waals surface area contributed by atoms with Crippen LogP contribution in [0, 0.1) is 0 Å². The van der Waals surface area contributed by atoms with Crippen LogP contribution in [0.1, 0.15) is 30.9 Å². The molecule has 0 aromatic heterocycles. The van der Waals surface area contributed by atoms with Gasteiger partial charge >= 0.3 is 0 Å². The predicted molar refractivity (Wildman–Crippen MR) is 71.4 cm³/mol. The van der Waals surface area contributed by atoms with Crippen LogP contribution in [0.2, 0.25) is 0 Å². The molecule has 0 spiro atoms. The summed E-state index contributed by atoms with van der Waals surface area (Å²) in [6.07, 6.45) is 3.67. The summed E-state index contributed by atoms with van der Waals surface area (Å²) in [6, 6.07) is 6.31. The summed E-state index contributed by atoms with van der Waals surface area (Å²) in [5.74, 6) is 1.83. The van der Waals surface area contributed by atoms with Crippen LogP contribution >= 0.6 is 12.4 Å². The maximum atomic E-state index is 5.42. The highest BCUT2D eigenvalue weighted by Gasteiger charge is 2.22. The summed E-state index contributed by atoms with van der Waals surface area (Å²) >= 11 is 0. The molecule has 1 heterocycles. The summed E-state index contributed by atoms with van der Waals surface area (Å²) in [5, 5.41) is 3.52. The molecule has 4 heteroatoms. The number of benzene rings is 1. The van der Waals surface area contributed by atoms with Gasteiger partial charge in [-0.2, -0.15) is 0 Å². The van der Waals surface area contributed by atoms with E-state index in [9.17, 15) is 0 Å². The van der Waals surface area contributed by atoms with Gasteiger partial charge in [-0.15, -0.1) is 12.4 Å². The molecule has 96 valence electrons. The van der Waals surface area contributed by atoms with Crippen molar-refractivity contribution in [2.75, 3.05) is 20.8 Å². The summed E-state index contributed by atoms with van der Waals surface area (Å²) in [6.45, 7) is 1.08. The van der Waals surface area contributed by atoms with Gasteiger partial charge < -0.3 is 14.8 Å². The Bertz CT molecular complexity index is 329. The maximum Gasteiger partial charge on any atom is 0.127 e. The Morgan fingerprint density at radius 2 is 1.76 bits per heavy atom. The molecular weight excluding hydrogens is 238 g/mol. The molecule has 0 unspecified atom stereocenters. The van der Waals surface area contributed by atoms with Gasteiger partial charge in [0.1, 0.15) is 11.5 Å². The topological polar surface area (TPSA) is 30.5 Å². The molecular formula is C13H20ClNO2. The average Bonchev–Trinajstić information content (AvgIpc) is 2.38. The minimum Gasteiger partial charge on any atom is -0.496 e. The van der Waals surface area contributed by atoms with E-state index < -0.39 is 0 Å². The number of rotatable bonds is 3. The molecule has 1 aliphatic heterocycles. The van der Waals surface area contributed by atoms with Gasteiger partial charge in [-0.3, -0.25) is 0 Å². The first-order chi connectivity index (χ1) is 7.86. The maximum absolute atomic E-state index is 5.42. The molecule has 2 rings (SSSR count). The Kier molecular flexibility index (Phi) is 5.59. The summed E-state index contributed by atoms with van der Waals surface area (Å²) in [4.78, 5) is 0. The monoisotopic (exact) mass is 257 g/mol. The van der Waals surface area contributed by atoms with Gasteiger partial charge in [0, 0.05) is 6.04 Å². The van der Waals surface area contributed by atoms with Crippen LogP contribution in [0.25, 0.3) is 0 Å². The molecule has 0 aliphatic carbocycles. The molecule has 1 aromatic rings. The second-order valence-corrected chi connectivity index (χ2v) is 4.08. The van der Waals surface area contributed by atoms with Gasteiger partial charge in [0.15, 0.2) is 0 Å². The van der Waals surface area contributed by atoms with Crippen molar-refractivity contribution in [3.05, 3.63) is 23.8 Å². The number of hydrogen-bond donors (Lipinski definition) is 1. The van der Waals surface area contributed by atoms with Crippen LogP contribution in [-0.2, 0) is 0 Å². The highest BCUT2D eigenvalue weighted by molar-refractivity contribution is 5.85. The fraction of sp³-hybridized carbons (Fsp3) is 0.538.